The number of carbonyl (C=O) groups excluding carboxylic acids is 2. The van der Waals surface area contributed by atoms with E-state index in [-0.39, 0.29) is 12.0 Å². The van der Waals surface area contributed by atoms with Crippen molar-refractivity contribution in [1.82, 2.24) is 0 Å². The van der Waals surface area contributed by atoms with Crippen LogP contribution in [0.2, 0.25) is 0 Å². The molecule has 0 aliphatic carbocycles. The molecule has 0 saturated heterocycles. The Kier molecular flexibility index (Phi) is 4.94. The van der Waals surface area contributed by atoms with Crippen molar-refractivity contribution in [2.75, 3.05) is 5.32 Å². The van der Waals surface area contributed by atoms with Crippen LogP contribution in [0.1, 0.15) is 40.1 Å². The number of aryl methyl sites for hydroxylation is 1. The Hall–Kier alpha value is -2.62. The molecule has 0 radical (unpaired) electrons. The summed E-state index contributed by atoms with van der Waals surface area (Å²) in [5, 5.41) is 2.76. The molecule has 0 atom stereocenters. The lowest BCUT2D eigenvalue weighted by atomic mass is 10.1. The van der Waals surface area contributed by atoms with E-state index in [2.05, 4.69) is 5.32 Å². The maximum absolute atomic E-state index is 12.3. The van der Waals surface area contributed by atoms with Crippen LogP contribution in [0.5, 0.6) is 0 Å². The van der Waals surface area contributed by atoms with Gasteiger partial charge in [-0.1, -0.05) is 29.8 Å². The van der Waals surface area contributed by atoms with Gasteiger partial charge >= 0.3 is 5.97 Å². The highest BCUT2D eigenvalue weighted by Gasteiger charge is 2.16. The first kappa shape index (κ1) is 15.8. The lowest BCUT2D eigenvalue weighted by Crippen LogP contribution is -2.17. The number of ether oxygens (including phenoxy) is 1. The normalized spacial score (nSPS) is 10.4. The number of benzene rings is 2. The fraction of sp³-hybridized carbons (Fsp3) is 0.222. The molecule has 2 aromatic carbocycles. The Labute approximate surface area is 130 Å². The van der Waals surface area contributed by atoms with Gasteiger partial charge in [-0.15, -0.1) is 0 Å². The van der Waals surface area contributed by atoms with Gasteiger partial charge in [-0.05, 0) is 45.0 Å². The number of esters is 1. The van der Waals surface area contributed by atoms with Gasteiger partial charge in [0.05, 0.1) is 17.4 Å². The molecule has 114 valence electrons. The van der Waals surface area contributed by atoms with E-state index >= 15 is 0 Å². The summed E-state index contributed by atoms with van der Waals surface area (Å²) in [5.74, 6) is -0.709. The van der Waals surface area contributed by atoms with E-state index in [4.69, 9.17) is 4.74 Å². The number of hydrogen-bond donors (Lipinski definition) is 1. The summed E-state index contributed by atoms with van der Waals surface area (Å²) >= 11 is 0. The molecular weight excluding hydrogens is 278 g/mol. The molecule has 0 aliphatic rings. The van der Waals surface area contributed by atoms with Crippen molar-refractivity contribution in [3.8, 4) is 0 Å². The van der Waals surface area contributed by atoms with Gasteiger partial charge in [-0.2, -0.15) is 0 Å². The summed E-state index contributed by atoms with van der Waals surface area (Å²) in [6.07, 6.45) is -0.214. The molecule has 0 unspecified atom stereocenters. The van der Waals surface area contributed by atoms with Crippen molar-refractivity contribution in [1.29, 1.82) is 0 Å². The van der Waals surface area contributed by atoms with Crippen LogP contribution in [0.15, 0.2) is 48.5 Å². The summed E-state index contributed by atoms with van der Waals surface area (Å²) < 4.78 is 5.19. The number of carbonyl (C=O) groups is 2. The van der Waals surface area contributed by atoms with E-state index in [1.165, 1.54) is 0 Å². The molecule has 0 spiro atoms. The molecule has 0 aromatic heterocycles. The van der Waals surface area contributed by atoms with E-state index in [1.54, 1.807) is 50.2 Å². The Morgan fingerprint density at radius 1 is 1.00 bits per heavy atom. The summed E-state index contributed by atoms with van der Waals surface area (Å²) in [5.41, 5.74) is 2.41. The minimum atomic E-state index is -0.449. The molecule has 4 nitrogen and oxygen atoms in total. The van der Waals surface area contributed by atoms with E-state index in [0.717, 1.165) is 5.56 Å². The largest absolute Gasteiger partial charge is 0.459 e. The second kappa shape index (κ2) is 6.89. The molecule has 0 saturated carbocycles. The molecule has 2 aromatic rings. The van der Waals surface area contributed by atoms with E-state index < -0.39 is 5.97 Å². The highest BCUT2D eigenvalue weighted by Crippen LogP contribution is 2.18. The smallest absolute Gasteiger partial charge is 0.340 e. The highest BCUT2D eigenvalue weighted by molar-refractivity contribution is 6.08. The Morgan fingerprint density at radius 3 is 2.27 bits per heavy atom. The molecule has 22 heavy (non-hydrogen) atoms. The lowest BCUT2D eigenvalue weighted by molar-refractivity contribution is 0.0379. The third-order valence-electron chi connectivity index (χ3n) is 3.05. The fourth-order valence-corrected chi connectivity index (χ4v) is 1.95. The molecule has 4 heteroatoms. The highest BCUT2D eigenvalue weighted by atomic mass is 16.5. The maximum atomic E-state index is 12.3. The lowest BCUT2D eigenvalue weighted by Gasteiger charge is -2.12. The van der Waals surface area contributed by atoms with Gasteiger partial charge in [-0.25, -0.2) is 4.79 Å². The number of para-hydroxylation sites is 1. The monoisotopic (exact) mass is 297 g/mol. The van der Waals surface area contributed by atoms with Crippen LogP contribution < -0.4 is 5.32 Å². The summed E-state index contributed by atoms with van der Waals surface area (Å²) in [6.45, 7) is 5.52. The maximum Gasteiger partial charge on any atom is 0.340 e. The Bertz CT molecular complexity index is 675. The molecule has 0 fully saturated rings. The summed E-state index contributed by atoms with van der Waals surface area (Å²) in [7, 11) is 0. The van der Waals surface area contributed by atoms with Crippen LogP contribution in [-0.4, -0.2) is 18.0 Å². The molecule has 1 amide bonds. The van der Waals surface area contributed by atoms with E-state index in [1.807, 2.05) is 19.1 Å². The third kappa shape index (κ3) is 3.95. The minimum Gasteiger partial charge on any atom is -0.459 e. The first-order valence-electron chi connectivity index (χ1n) is 7.15. The van der Waals surface area contributed by atoms with Gasteiger partial charge in [-0.3, -0.25) is 4.79 Å². The summed E-state index contributed by atoms with van der Waals surface area (Å²) in [4.78, 5) is 24.3. The average Bonchev–Trinajstić information content (AvgIpc) is 2.47. The van der Waals surface area contributed by atoms with Gasteiger partial charge in [0, 0.05) is 5.56 Å². The minimum absolute atomic E-state index is 0.214. The molecule has 0 aliphatic heterocycles. The second-order valence-corrected chi connectivity index (χ2v) is 5.32. The Morgan fingerprint density at radius 2 is 1.64 bits per heavy atom. The first-order chi connectivity index (χ1) is 10.5. The standard InChI is InChI=1S/C18H19NO3/c1-12(2)22-18(21)15-6-4-5-7-16(15)19-17(20)14-10-8-13(3)9-11-14/h4-12H,1-3H3,(H,19,20). The summed E-state index contributed by atoms with van der Waals surface area (Å²) in [6, 6.07) is 14.1. The quantitative estimate of drug-likeness (QED) is 0.873. The number of anilines is 1. The Balaban J connectivity index is 2.21. The van der Waals surface area contributed by atoms with E-state index in [9.17, 15) is 9.59 Å². The number of nitrogens with one attached hydrogen (secondary N) is 1. The van der Waals surface area contributed by atoms with Gasteiger partial charge in [0.25, 0.3) is 5.91 Å². The van der Waals surface area contributed by atoms with Crippen molar-refractivity contribution < 1.29 is 14.3 Å². The van der Waals surface area contributed by atoms with Crippen molar-refractivity contribution in [2.45, 2.75) is 26.9 Å². The van der Waals surface area contributed by atoms with Crippen molar-refractivity contribution >= 4 is 17.6 Å². The van der Waals surface area contributed by atoms with Crippen LogP contribution in [0, 0.1) is 6.92 Å². The molecule has 0 heterocycles. The molecular formula is C18H19NO3. The number of amides is 1. The zero-order chi connectivity index (χ0) is 16.1. The molecule has 2 rings (SSSR count). The first-order valence-corrected chi connectivity index (χ1v) is 7.15. The van der Waals surface area contributed by atoms with Gasteiger partial charge in [0.15, 0.2) is 0 Å². The zero-order valence-electron chi connectivity index (χ0n) is 12.9. The van der Waals surface area contributed by atoms with Gasteiger partial charge in [0.1, 0.15) is 0 Å². The zero-order valence-corrected chi connectivity index (χ0v) is 12.9. The van der Waals surface area contributed by atoms with Crippen LogP contribution in [0.25, 0.3) is 0 Å². The predicted octanol–water partition coefficient (Wildman–Crippen LogP) is 3.81. The van der Waals surface area contributed by atoms with Crippen LogP contribution in [0.3, 0.4) is 0 Å². The number of rotatable bonds is 4. The van der Waals surface area contributed by atoms with Gasteiger partial charge in [0.2, 0.25) is 0 Å². The van der Waals surface area contributed by atoms with Crippen molar-refractivity contribution in [2.24, 2.45) is 0 Å². The van der Waals surface area contributed by atoms with Gasteiger partial charge < -0.3 is 10.1 Å². The second-order valence-electron chi connectivity index (χ2n) is 5.32. The average molecular weight is 297 g/mol. The third-order valence-corrected chi connectivity index (χ3v) is 3.05. The fourth-order valence-electron chi connectivity index (χ4n) is 1.95. The van der Waals surface area contributed by atoms with Crippen molar-refractivity contribution in [3.63, 3.8) is 0 Å². The SMILES string of the molecule is Cc1ccc(C(=O)Nc2ccccc2C(=O)OC(C)C)cc1. The predicted molar refractivity (Wildman–Crippen MR) is 86.1 cm³/mol. The van der Waals surface area contributed by atoms with E-state index in [0.29, 0.717) is 16.8 Å². The van der Waals surface area contributed by atoms with Crippen LogP contribution in [0.4, 0.5) is 5.69 Å². The molecule has 1 N–H and O–H groups in total. The van der Waals surface area contributed by atoms with Crippen LogP contribution in [-0.2, 0) is 4.74 Å². The molecule has 0 bridgehead atoms. The van der Waals surface area contributed by atoms with Crippen LogP contribution >= 0.6 is 0 Å². The van der Waals surface area contributed by atoms with Crippen molar-refractivity contribution in [3.05, 3.63) is 65.2 Å². The topological polar surface area (TPSA) is 55.4 Å². The number of hydrogen-bond acceptors (Lipinski definition) is 3.